The van der Waals surface area contributed by atoms with Gasteiger partial charge in [-0.2, -0.15) is 0 Å². The van der Waals surface area contributed by atoms with Crippen LogP contribution >= 0.6 is 0 Å². The van der Waals surface area contributed by atoms with Crippen LogP contribution in [-0.2, 0) is 21.2 Å². The van der Waals surface area contributed by atoms with E-state index in [1.54, 1.807) is 0 Å². The molecule has 1 aliphatic heterocycles. The van der Waals surface area contributed by atoms with Crippen molar-refractivity contribution in [2.24, 2.45) is 0 Å². The van der Waals surface area contributed by atoms with Gasteiger partial charge in [-0.15, -0.1) is 0 Å². The van der Waals surface area contributed by atoms with Crippen molar-refractivity contribution < 1.29 is 26.7 Å². The van der Waals surface area contributed by atoms with Gasteiger partial charge in [0.1, 0.15) is 0 Å². The van der Waals surface area contributed by atoms with E-state index in [-0.39, 0.29) is 0 Å². The second-order valence-electron chi connectivity index (χ2n) is 7.64. The first-order chi connectivity index (χ1) is 14.7. The third-order valence-electron chi connectivity index (χ3n) is 5.19. The maximum atomic E-state index is 12.5. The topological polar surface area (TPSA) is 75.7 Å². The molecule has 1 aliphatic rings. The predicted molar refractivity (Wildman–Crippen MR) is 114 cm³/mol. The maximum absolute atomic E-state index is 12.5. The number of hydrogen-bond acceptors (Lipinski definition) is 4. The monoisotopic (exact) mass is 452 g/mol. The summed E-state index contributed by atoms with van der Waals surface area (Å²) in [5.41, 5.74) is 2.93. The van der Waals surface area contributed by atoms with Crippen LogP contribution in [0.3, 0.4) is 0 Å². The zero-order valence-electron chi connectivity index (χ0n) is 17.2. The lowest BCUT2D eigenvalue weighted by molar-refractivity contribution is 0.0171. The van der Waals surface area contributed by atoms with Crippen molar-refractivity contribution in [1.29, 1.82) is 0 Å². The number of amides is 1. The lowest BCUT2D eigenvalue weighted by atomic mass is 9.90. The van der Waals surface area contributed by atoms with Gasteiger partial charge in [0.2, 0.25) is 10.0 Å². The maximum Gasteiger partial charge on any atom is 0.410 e. The molecule has 0 radical (unpaired) electrons. The van der Waals surface area contributed by atoms with Crippen LogP contribution in [0, 0.1) is 0 Å². The Bertz CT molecular complexity index is 986. The molecule has 0 aliphatic carbocycles. The van der Waals surface area contributed by atoms with Gasteiger partial charge >= 0.3 is 6.09 Å². The number of carbonyl (C=O) groups excluding carboxylic acids is 1. The molecule has 1 N–H and O–H groups in total. The van der Waals surface area contributed by atoms with Gasteiger partial charge in [0.05, 0.1) is 12.3 Å². The van der Waals surface area contributed by atoms with Crippen LogP contribution in [0.2, 0.25) is 0 Å². The zero-order valence-corrected chi connectivity index (χ0v) is 18.0. The molecule has 2 aromatic rings. The number of alkyl halides is 2. The number of nitrogens with zero attached hydrogens (tertiary/aromatic N) is 1. The molecular formula is C22H26F2N2O4S. The summed E-state index contributed by atoms with van der Waals surface area (Å²) in [6, 6.07) is 16.5. The lowest BCUT2D eigenvalue weighted by Gasteiger charge is -2.40. The molecule has 1 amide bonds. The summed E-state index contributed by atoms with van der Waals surface area (Å²) in [6.45, 7) is -0.678. The molecule has 0 saturated carbocycles. The van der Waals surface area contributed by atoms with Gasteiger partial charge in [0, 0.05) is 12.6 Å². The zero-order chi connectivity index (χ0) is 22.4. The van der Waals surface area contributed by atoms with Crippen molar-refractivity contribution in [3.05, 3.63) is 60.2 Å². The highest BCUT2D eigenvalue weighted by atomic mass is 32.2. The second kappa shape index (κ2) is 10.2. The average Bonchev–Trinajstić information content (AvgIpc) is 2.73. The first-order valence-electron chi connectivity index (χ1n) is 10.1. The molecule has 2 aromatic carbocycles. The Balaban J connectivity index is 1.86. The SMILES string of the molecule is CS(=O)(=O)N[C@H]1CCCN(C(=O)OCC(F)F)[C@H]1Cc1cccc(-c2ccccc2)c1. The summed E-state index contributed by atoms with van der Waals surface area (Å²) < 4.78 is 56.2. The van der Waals surface area contributed by atoms with Gasteiger partial charge in [-0.1, -0.05) is 54.6 Å². The van der Waals surface area contributed by atoms with Gasteiger partial charge in [0.25, 0.3) is 6.43 Å². The standard InChI is InChI=1S/C22H26F2N2O4S/c1-31(28,29)25-19-11-6-12-26(22(27)30-15-21(23)24)20(19)14-16-7-5-10-18(13-16)17-8-3-2-4-9-17/h2-5,7-10,13,19-21,25H,6,11-12,14-15H2,1H3/t19-,20-/m0/s1. The molecule has 9 heteroatoms. The predicted octanol–water partition coefficient (Wildman–Crippen LogP) is 3.68. The van der Waals surface area contributed by atoms with Gasteiger partial charge < -0.3 is 9.64 Å². The Labute approximate surface area is 181 Å². The normalized spacial score (nSPS) is 19.4. The minimum Gasteiger partial charge on any atom is -0.443 e. The van der Waals surface area contributed by atoms with E-state index in [0.29, 0.717) is 25.8 Å². The molecule has 0 spiro atoms. The fourth-order valence-electron chi connectivity index (χ4n) is 3.92. The number of piperidine rings is 1. The summed E-state index contributed by atoms with van der Waals surface area (Å²) in [4.78, 5) is 13.9. The van der Waals surface area contributed by atoms with Crippen LogP contribution in [0.4, 0.5) is 13.6 Å². The molecule has 3 rings (SSSR count). The van der Waals surface area contributed by atoms with Gasteiger partial charge in [-0.25, -0.2) is 26.7 Å². The van der Waals surface area contributed by atoms with Crippen LogP contribution in [0.25, 0.3) is 11.1 Å². The van der Waals surface area contributed by atoms with Crippen molar-refractivity contribution in [3.8, 4) is 11.1 Å². The Hall–Kier alpha value is -2.52. The smallest absolute Gasteiger partial charge is 0.410 e. The molecule has 1 heterocycles. The third-order valence-corrected chi connectivity index (χ3v) is 5.92. The fraction of sp³-hybridized carbons (Fsp3) is 0.409. The average molecular weight is 453 g/mol. The van der Waals surface area contributed by atoms with E-state index in [9.17, 15) is 22.0 Å². The summed E-state index contributed by atoms with van der Waals surface area (Å²) in [6.07, 6.45) is -1.12. The van der Waals surface area contributed by atoms with Crippen LogP contribution in [-0.4, -0.2) is 57.3 Å². The highest BCUT2D eigenvalue weighted by molar-refractivity contribution is 7.88. The van der Waals surface area contributed by atoms with Gasteiger partial charge in [-0.05, 0) is 36.0 Å². The van der Waals surface area contributed by atoms with Crippen molar-refractivity contribution in [3.63, 3.8) is 0 Å². The molecule has 6 nitrogen and oxygen atoms in total. The van der Waals surface area contributed by atoms with E-state index in [0.717, 1.165) is 22.9 Å². The molecule has 168 valence electrons. The van der Waals surface area contributed by atoms with Crippen LogP contribution < -0.4 is 4.72 Å². The van der Waals surface area contributed by atoms with Crippen molar-refractivity contribution >= 4 is 16.1 Å². The molecule has 0 aromatic heterocycles. The number of benzene rings is 2. The lowest BCUT2D eigenvalue weighted by Crippen LogP contribution is -2.58. The number of hydrogen-bond donors (Lipinski definition) is 1. The van der Waals surface area contributed by atoms with Crippen molar-refractivity contribution in [2.45, 2.75) is 37.8 Å². The first-order valence-corrected chi connectivity index (χ1v) is 12.0. The molecule has 1 saturated heterocycles. The molecule has 1 fully saturated rings. The van der Waals surface area contributed by atoms with Crippen molar-refractivity contribution in [1.82, 2.24) is 9.62 Å². The van der Waals surface area contributed by atoms with Gasteiger partial charge in [0.15, 0.2) is 6.61 Å². The van der Waals surface area contributed by atoms with E-state index in [4.69, 9.17) is 4.74 Å². The van der Waals surface area contributed by atoms with E-state index in [1.807, 2.05) is 54.6 Å². The summed E-state index contributed by atoms with van der Waals surface area (Å²) in [5.74, 6) is 0. The molecule has 31 heavy (non-hydrogen) atoms. The second-order valence-corrected chi connectivity index (χ2v) is 9.42. The fourth-order valence-corrected chi connectivity index (χ4v) is 4.74. The Kier molecular flexibility index (Phi) is 7.61. The number of nitrogens with one attached hydrogen (secondary N) is 1. The number of likely N-dealkylation sites (tertiary alicyclic amines) is 1. The third kappa shape index (κ3) is 6.73. The highest BCUT2D eigenvalue weighted by Gasteiger charge is 2.37. The number of carbonyl (C=O) groups is 1. The molecule has 0 bridgehead atoms. The summed E-state index contributed by atoms with van der Waals surface area (Å²) >= 11 is 0. The first kappa shape index (κ1) is 23.1. The Morgan fingerprint density at radius 1 is 1.16 bits per heavy atom. The Morgan fingerprint density at radius 2 is 1.87 bits per heavy atom. The summed E-state index contributed by atoms with van der Waals surface area (Å²) in [7, 11) is -3.52. The van der Waals surface area contributed by atoms with Crippen LogP contribution in [0.15, 0.2) is 54.6 Å². The van der Waals surface area contributed by atoms with Crippen molar-refractivity contribution in [2.75, 3.05) is 19.4 Å². The Morgan fingerprint density at radius 3 is 2.55 bits per heavy atom. The quantitative estimate of drug-likeness (QED) is 0.696. The van der Waals surface area contributed by atoms with Gasteiger partial charge in [-0.3, -0.25) is 0 Å². The molecular weight excluding hydrogens is 426 g/mol. The van der Waals surface area contributed by atoms with E-state index in [1.165, 1.54) is 4.90 Å². The summed E-state index contributed by atoms with van der Waals surface area (Å²) in [5, 5.41) is 0. The van der Waals surface area contributed by atoms with Crippen LogP contribution in [0.1, 0.15) is 18.4 Å². The van der Waals surface area contributed by atoms with E-state index < -0.39 is 41.2 Å². The number of rotatable bonds is 7. The number of sulfonamides is 1. The van der Waals surface area contributed by atoms with Crippen LogP contribution in [0.5, 0.6) is 0 Å². The van der Waals surface area contributed by atoms with E-state index >= 15 is 0 Å². The number of halogens is 2. The minimum atomic E-state index is -3.52. The minimum absolute atomic E-state index is 0.313. The number of ether oxygens (including phenoxy) is 1. The highest BCUT2D eigenvalue weighted by Crippen LogP contribution is 2.26. The van der Waals surface area contributed by atoms with E-state index in [2.05, 4.69) is 4.72 Å². The molecule has 2 atom stereocenters. The molecule has 0 unspecified atom stereocenters. The largest absolute Gasteiger partial charge is 0.443 e.